The SMILES string of the molecule is NC(=Nc1cccc2ccccc12)C1c2ccccc2C=Cc2ccccc21. The summed E-state index contributed by atoms with van der Waals surface area (Å²) in [4.78, 5) is 4.92. The molecule has 0 saturated heterocycles. The van der Waals surface area contributed by atoms with E-state index >= 15 is 0 Å². The van der Waals surface area contributed by atoms with Gasteiger partial charge in [0.2, 0.25) is 0 Å². The Kier molecular flexibility index (Phi) is 4.02. The van der Waals surface area contributed by atoms with Crippen molar-refractivity contribution in [1.29, 1.82) is 0 Å². The first-order valence-corrected chi connectivity index (χ1v) is 9.49. The van der Waals surface area contributed by atoms with Gasteiger partial charge in [-0.1, -0.05) is 97.1 Å². The molecule has 2 heteroatoms. The summed E-state index contributed by atoms with van der Waals surface area (Å²) in [6.07, 6.45) is 4.33. The van der Waals surface area contributed by atoms with Gasteiger partial charge >= 0.3 is 0 Å². The molecule has 1 aliphatic carbocycles. The second-order valence-electron chi connectivity index (χ2n) is 7.06. The second kappa shape index (κ2) is 6.82. The van der Waals surface area contributed by atoms with Crippen LogP contribution in [-0.2, 0) is 0 Å². The van der Waals surface area contributed by atoms with E-state index < -0.39 is 0 Å². The lowest BCUT2D eigenvalue weighted by Gasteiger charge is -2.20. The zero-order valence-electron chi connectivity index (χ0n) is 15.4. The van der Waals surface area contributed by atoms with Crippen molar-refractivity contribution < 1.29 is 0 Å². The minimum absolute atomic E-state index is 0.0821. The van der Waals surface area contributed by atoms with E-state index in [4.69, 9.17) is 10.7 Å². The van der Waals surface area contributed by atoms with Crippen molar-refractivity contribution in [3.8, 4) is 0 Å². The van der Waals surface area contributed by atoms with Crippen LogP contribution in [0.4, 0.5) is 5.69 Å². The third-order valence-corrected chi connectivity index (χ3v) is 5.37. The van der Waals surface area contributed by atoms with Gasteiger partial charge in [0.05, 0.1) is 11.6 Å². The average molecular weight is 360 g/mol. The van der Waals surface area contributed by atoms with Crippen LogP contribution < -0.4 is 5.73 Å². The van der Waals surface area contributed by atoms with Gasteiger partial charge < -0.3 is 5.73 Å². The molecule has 28 heavy (non-hydrogen) atoms. The number of amidine groups is 1. The molecule has 2 N–H and O–H groups in total. The minimum Gasteiger partial charge on any atom is -0.386 e. The zero-order valence-corrected chi connectivity index (χ0v) is 15.4. The van der Waals surface area contributed by atoms with Crippen molar-refractivity contribution in [2.24, 2.45) is 10.7 Å². The van der Waals surface area contributed by atoms with Gasteiger partial charge in [0, 0.05) is 5.39 Å². The van der Waals surface area contributed by atoms with E-state index in [9.17, 15) is 0 Å². The molecule has 134 valence electrons. The van der Waals surface area contributed by atoms with E-state index in [1.807, 2.05) is 24.3 Å². The predicted octanol–water partition coefficient (Wildman–Crippen LogP) is 6.14. The van der Waals surface area contributed by atoms with Crippen LogP contribution in [0.15, 0.2) is 96.0 Å². The molecule has 0 heterocycles. The number of nitrogens with zero attached hydrogens (tertiary/aromatic N) is 1. The molecular weight excluding hydrogens is 340 g/mol. The standard InChI is InChI=1S/C26H20N2/c27-26(28-24-15-7-11-18-8-1-4-12-21(18)24)25-22-13-5-2-9-19(22)16-17-20-10-3-6-14-23(20)25/h1-17,25H,(H2,27,28). The molecule has 0 bridgehead atoms. The molecule has 0 amide bonds. The molecule has 0 unspecified atom stereocenters. The highest BCUT2D eigenvalue weighted by atomic mass is 14.9. The van der Waals surface area contributed by atoms with Crippen molar-refractivity contribution in [2.45, 2.75) is 5.92 Å². The summed E-state index contributed by atoms with van der Waals surface area (Å²) in [5.41, 5.74) is 12.3. The van der Waals surface area contributed by atoms with Crippen molar-refractivity contribution >= 4 is 34.4 Å². The van der Waals surface area contributed by atoms with E-state index in [1.54, 1.807) is 0 Å². The minimum atomic E-state index is -0.0821. The lowest BCUT2D eigenvalue weighted by Crippen LogP contribution is -2.23. The Hall–Kier alpha value is -3.65. The van der Waals surface area contributed by atoms with E-state index in [2.05, 4.69) is 78.9 Å². The highest BCUT2D eigenvalue weighted by molar-refractivity contribution is 6.00. The van der Waals surface area contributed by atoms with Crippen molar-refractivity contribution in [3.63, 3.8) is 0 Å². The maximum absolute atomic E-state index is 6.69. The van der Waals surface area contributed by atoms with E-state index in [-0.39, 0.29) is 5.92 Å². The number of fused-ring (bicyclic) bond motifs is 3. The van der Waals surface area contributed by atoms with Crippen LogP contribution in [0, 0.1) is 0 Å². The fourth-order valence-corrected chi connectivity index (χ4v) is 4.03. The van der Waals surface area contributed by atoms with Gasteiger partial charge in [0.1, 0.15) is 5.84 Å². The highest BCUT2D eigenvalue weighted by Gasteiger charge is 2.24. The Labute approximate surface area is 164 Å². The highest BCUT2D eigenvalue weighted by Crippen LogP contribution is 2.36. The molecule has 1 aliphatic rings. The van der Waals surface area contributed by atoms with Gasteiger partial charge in [-0.05, 0) is 33.7 Å². The summed E-state index contributed by atoms with van der Waals surface area (Å²) in [6, 6.07) is 31.3. The lowest BCUT2D eigenvalue weighted by atomic mass is 9.87. The van der Waals surface area contributed by atoms with E-state index in [1.165, 1.54) is 27.6 Å². The quantitative estimate of drug-likeness (QED) is 0.338. The molecule has 4 aromatic carbocycles. The normalized spacial score (nSPS) is 13.8. The molecule has 0 aromatic heterocycles. The molecule has 0 fully saturated rings. The monoisotopic (exact) mass is 360 g/mol. The van der Waals surface area contributed by atoms with Gasteiger partial charge in [-0.15, -0.1) is 0 Å². The maximum Gasteiger partial charge on any atom is 0.112 e. The van der Waals surface area contributed by atoms with Crippen molar-refractivity contribution in [3.05, 3.63) is 113 Å². The largest absolute Gasteiger partial charge is 0.386 e. The van der Waals surface area contributed by atoms with Crippen molar-refractivity contribution in [2.75, 3.05) is 0 Å². The fraction of sp³-hybridized carbons (Fsp3) is 0.0385. The Morgan fingerprint density at radius 1 is 0.643 bits per heavy atom. The fourth-order valence-electron chi connectivity index (χ4n) is 4.03. The number of nitrogens with two attached hydrogens (primary N) is 1. The van der Waals surface area contributed by atoms with Crippen LogP contribution >= 0.6 is 0 Å². The molecule has 0 aliphatic heterocycles. The summed E-state index contributed by atoms with van der Waals surface area (Å²) < 4.78 is 0. The Balaban J connectivity index is 1.72. The Morgan fingerprint density at radius 3 is 1.93 bits per heavy atom. The van der Waals surface area contributed by atoms with Gasteiger partial charge in [-0.25, -0.2) is 4.99 Å². The number of hydrogen-bond donors (Lipinski definition) is 1. The first-order chi connectivity index (χ1) is 13.8. The first-order valence-electron chi connectivity index (χ1n) is 9.49. The number of rotatable bonds is 2. The first kappa shape index (κ1) is 16.5. The summed E-state index contributed by atoms with van der Waals surface area (Å²) in [6.45, 7) is 0. The predicted molar refractivity (Wildman–Crippen MR) is 119 cm³/mol. The van der Waals surface area contributed by atoms with Gasteiger partial charge in [0.25, 0.3) is 0 Å². The summed E-state index contributed by atoms with van der Waals surface area (Å²) >= 11 is 0. The summed E-state index contributed by atoms with van der Waals surface area (Å²) in [5, 5.41) is 2.28. The molecular formula is C26H20N2. The average Bonchev–Trinajstić information content (AvgIpc) is 2.91. The number of benzene rings is 4. The lowest BCUT2D eigenvalue weighted by molar-refractivity contribution is 1.05. The maximum atomic E-state index is 6.69. The van der Waals surface area contributed by atoms with Gasteiger partial charge in [-0.3, -0.25) is 0 Å². The van der Waals surface area contributed by atoms with Gasteiger partial charge in [-0.2, -0.15) is 0 Å². The van der Waals surface area contributed by atoms with Crippen LogP contribution in [0.1, 0.15) is 28.2 Å². The van der Waals surface area contributed by atoms with E-state index in [0.717, 1.165) is 11.1 Å². The van der Waals surface area contributed by atoms with Crippen LogP contribution in [0.2, 0.25) is 0 Å². The van der Waals surface area contributed by atoms with E-state index in [0.29, 0.717) is 5.84 Å². The summed E-state index contributed by atoms with van der Waals surface area (Å²) in [5.74, 6) is 0.529. The third-order valence-electron chi connectivity index (χ3n) is 5.37. The number of hydrogen-bond acceptors (Lipinski definition) is 1. The van der Waals surface area contributed by atoms with Crippen LogP contribution in [0.25, 0.3) is 22.9 Å². The zero-order chi connectivity index (χ0) is 18.9. The van der Waals surface area contributed by atoms with Crippen LogP contribution in [-0.4, -0.2) is 5.84 Å². The summed E-state index contributed by atoms with van der Waals surface area (Å²) in [7, 11) is 0. The smallest absolute Gasteiger partial charge is 0.112 e. The molecule has 0 atom stereocenters. The molecule has 2 nitrogen and oxygen atoms in total. The Bertz CT molecular complexity index is 1180. The molecule has 4 aromatic rings. The Morgan fingerprint density at radius 2 is 1.21 bits per heavy atom. The number of aliphatic imine (C=N–C) groups is 1. The second-order valence-corrected chi connectivity index (χ2v) is 7.06. The van der Waals surface area contributed by atoms with Crippen LogP contribution in [0.5, 0.6) is 0 Å². The molecule has 5 rings (SSSR count). The molecule has 0 radical (unpaired) electrons. The van der Waals surface area contributed by atoms with Crippen LogP contribution in [0.3, 0.4) is 0 Å². The van der Waals surface area contributed by atoms with Crippen molar-refractivity contribution in [1.82, 2.24) is 0 Å². The topological polar surface area (TPSA) is 38.4 Å². The van der Waals surface area contributed by atoms with Gasteiger partial charge in [0.15, 0.2) is 0 Å². The molecule has 0 spiro atoms. The third kappa shape index (κ3) is 2.80. The molecule has 0 saturated carbocycles.